The first-order valence-electron chi connectivity index (χ1n) is 10.3. The first kappa shape index (κ1) is 23.0. The molecule has 1 aliphatic rings. The zero-order valence-electron chi connectivity index (χ0n) is 18.2. The molecule has 0 saturated heterocycles. The van der Waals surface area contributed by atoms with E-state index < -0.39 is 20.0 Å². The molecule has 1 N–H and O–H groups in total. The Labute approximate surface area is 194 Å². The van der Waals surface area contributed by atoms with E-state index in [9.17, 15) is 16.8 Å². The summed E-state index contributed by atoms with van der Waals surface area (Å²) in [5.74, 6) is 0. The molecular weight excluding hydrogens is 464 g/mol. The number of benzene rings is 2. The Kier molecular flexibility index (Phi) is 5.96. The van der Waals surface area contributed by atoms with Gasteiger partial charge in [-0.05, 0) is 64.2 Å². The maximum absolute atomic E-state index is 12.9. The van der Waals surface area contributed by atoms with E-state index in [0.29, 0.717) is 22.9 Å². The Balaban J connectivity index is 1.56. The van der Waals surface area contributed by atoms with Crippen LogP contribution in [0.4, 0.5) is 5.69 Å². The van der Waals surface area contributed by atoms with E-state index in [1.54, 1.807) is 41.8 Å². The van der Waals surface area contributed by atoms with Crippen LogP contribution in [0.1, 0.15) is 37.5 Å². The fourth-order valence-corrected chi connectivity index (χ4v) is 7.30. The van der Waals surface area contributed by atoms with Crippen LogP contribution < -0.4 is 4.72 Å². The van der Waals surface area contributed by atoms with E-state index >= 15 is 0 Å². The fraction of sp³-hybridized carbons (Fsp3) is 0.304. The lowest BCUT2D eigenvalue weighted by Crippen LogP contribution is -2.35. The Hall–Kier alpha value is -2.20. The maximum Gasteiger partial charge on any atom is 0.261 e. The van der Waals surface area contributed by atoms with Crippen LogP contribution in [-0.2, 0) is 38.4 Å². The predicted octanol–water partition coefficient (Wildman–Crippen LogP) is 4.59. The van der Waals surface area contributed by atoms with Gasteiger partial charge < -0.3 is 0 Å². The molecule has 4 rings (SSSR count). The van der Waals surface area contributed by atoms with Gasteiger partial charge in [0.1, 0.15) is 4.21 Å². The van der Waals surface area contributed by atoms with Gasteiger partial charge in [-0.3, -0.25) is 4.72 Å². The van der Waals surface area contributed by atoms with Gasteiger partial charge in [-0.15, -0.1) is 11.3 Å². The molecule has 0 saturated carbocycles. The quantitative estimate of drug-likeness (QED) is 0.567. The molecule has 9 heteroatoms. The molecule has 0 radical (unpaired) electrons. The molecular formula is C23H26N2O4S3. The molecule has 0 amide bonds. The molecule has 32 heavy (non-hydrogen) atoms. The number of anilines is 1. The number of rotatable bonds is 5. The van der Waals surface area contributed by atoms with Crippen molar-refractivity contribution in [3.05, 3.63) is 76.7 Å². The highest BCUT2D eigenvalue weighted by Gasteiger charge is 2.29. The summed E-state index contributed by atoms with van der Waals surface area (Å²) in [6.45, 7) is 6.83. The molecule has 0 aliphatic carbocycles. The molecule has 1 aromatic heterocycles. The lowest BCUT2D eigenvalue weighted by Gasteiger charge is -2.28. The van der Waals surface area contributed by atoms with Crippen molar-refractivity contribution in [3.8, 4) is 0 Å². The second kappa shape index (κ2) is 8.30. The highest BCUT2D eigenvalue weighted by Crippen LogP contribution is 2.30. The Morgan fingerprint density at radius 1 is 0.938 bits per heavy atom. The zero-order valence-corrected chi connectivity index (χ0v) is 20.6. The van der Waals surface area contributed by atoms with Gasteiger partial charge in [0.05, 0.1) is 4.90 Å². The number of hydrogen-bond donors (Lipinski definition) is 1. The number of sulfonamides is 2. The normalized spacial score (nSPS) is 15.3. The molecule has 170 valence electrons. The van der Waals surface area contributed by atoms with Crippen LogP contribution in [0.25, 0.3) is 0 Å². The smallest absolute Gasteiger partial charge is 0.261 e. The van der Waals surface area contributed by atoms with Crippen LogP contribution in [-0.4, -0.2) is 27.7 Å². The molecule has 0 atom stereocenters. The lowest BCUT2D eigenvalue weighted by molar-refractivity contribution is 0.392. The van der Waals surface area contributed by atoms with Crippen molar-refractivity contribution < 1.29 is 16.8 Å². The van der Waals surface area contributed by atoms with Crippen LogP contribution in [0.5, 0.6) is 0 Å². The molecule has 2 aromatic carbocycles. The van der Waals surface area contributed by atoms with Gasteiger partial charge in [0.2, 0.25) is 0 Å². The van der Waals surface area contributed by atoms with Crippen molar-refractivity contribution >= 4 is 37.1 Å². The first-order chi connectivity index (χ1) is 15.0. The SMILES string of the molecule is CC(C)(C)c1ccc(S(=O)(=O)Nc2ccc3c(c2)CN(S(=O)(=O)c2cccs2)CC3)cc1. The number of hydrogen-bond acceptors (Lipinski definition) is 5. The third kappa shape index (κ3) is 4.61. The number of fused-ring (bicyclic) bond motifs is 1. The number of thiophene rings is 1. The molecule has 3 aromatic rings. The topological polar surface area (TPSA) is 83.6 Å². The van der Waals surface area contributed by atoms with Crippen molar-refractivity contribution in [2.24, 2.45) is 0 Å². The Morgan fingerprint density at radius 2 is 1.66 bits per heavy atom. The van der Waals surface area contributed by atoms with E-state index in [4.69, 9.17) is 0 Å². The number of nitrogens with one attached hydrogen (secondary N) is 1. The van der Waals surface area contributed by atoms with Crippen molar-refractivity contribution in [1.29, 1.82) is 0 Å². The van der Waals surface area contributed by atoms with Gasteiger partial charge in [-0.2, -0.15) is 4.31 Å². The largest absolute Gasteiger partial charge is 0.280 e. The van der Waals surface area contributed by atoms with Gasteiger partial charge in [-0.25, -0.2) is 16.8 Å². The monoisotopic (exact) mass is 490 g/mol. The van der Waals surface area contributed by atoms with Crippen LogP contribution in [0.3, 0.4) is 0 Å². The van der Waals surface area contributed by atoms with Crippen LogP contribution in [0.15, 0.2) is 69.1 Å². The third-order valence-corrected chi connectivity index (χ3v) is 10.2. The van der Waals surface area contributed by atoms with Crippen molar-refractivity contribution in [2.75, 3.05) is 11.3 Å². The van der Waals surface area contributed by atoms with E-state index in [0.717, 1.165) is 16.7 Å². The van der Waals surface area contributed by atoms with Crippen LogP contribution in [0, 0.1) is 0 Å². The molecule has 1 aliphatic heterocycles. The van der Waals surface area contributed by atoms with Gasteiger partial charge in [0, 0.05) is 18.8 Å². The maximum atomic E-state index is 12.9. The minimum Gasteiger partial charge on any atom is -0.280 e. The molecule has 0 unspecified atom stereocenters. The summed E-state index contributed by atoms with van der Waals surface area (Å²) in [4.78, 5) is 0.185. The molecule has 0 bridgehead atoms. The van der Waals surface area contributed by atoms with Crippen molar-refractivity contribution in [3.63, 3.8) is 0 Å². The second-order valence-electron chi connectivity index (χ2n) is 8.88. The summed E-state index contributed by atoms with van der Waals surface area (Å²) < 4.78 is 55.9. The summed E-state index contributed by atoms with van der Waals surface area (Å²) in [6.07, 6.45) is 0.585. The van der Waals surface area contributed by atoms with Crippen LogP contribution >= 0.6 is 11.3 Å². The van der Waals surface area contributed by atoms with Crippen molar-refractivity contribution in [2.45, 2.75) is 48.3 Å². The minimum atomic E-state index is -3.76. The summed E-state index contributed by atoms with van der Waals surface area (Å²) in [5, 5.41) is 1.74. The molecule has 2 heterocycles. The number of nitrogens with zero attached hydrogens (tertiary/aromatic N) is 1. The highest BCUT2D eigenvalue weighted by atomic mass is 32.2. The second-order valence-corrected chi connectivity index (χ2v) is 13.7. The molecule has 0 fully saturated rings. The van der Waals surface area contributed by atoms with Gasteiger partial charge >= 0.3 is 0 Å². The van der Waals surface area contributed by atoms with E-state index in [1.165, 1.54) is 15.6 Å². The fourth-order valence-electron chi connectivity index (χ4n) is 3.69. The summed E-state index contributed by atoms with van der Waals surface area (Å²) in [5.41, 5.74) is 3.24. The zero-order chi connectivity index (χ0) is 23.1. The average molecular weight is 491 g/mol. The van der Waals surface area contributed by atoms with Gasteiger partial charge in [0.15, 0.2) is 0 Å². The standard InChI is InChI=1S/C23H26N2O4S3/c1-23(2,3)19-7-10-21(11-8-19)31(26,27)24-20-9-6-17-12-13-25(16-18(17)15-20)32(28,29)22-5-4-14-30-22/h4-11,14-15,24H,12-13,16H2,1-3H3. The van der Waals surface area contributed by atoms with Gasteiger partial charge in [0.25, 0.3) is 20.0 Å². The summed E-state index contributed by atoms with van der Waals surface area (Å²) in [6, 6.07) is 15.5. The highest BCUT2D eigenvalue weighted by molar-refractivity contribution is 7.92. The predicted molar refractivity (Wildman–Crippen MR) is 128 cm³/mol. The molecule has 6 nitrogen and oxygen atoms in total. The third-order valence-electron chi connectivity index (χ3n) is 5.56. The summed E-state index contributed by atoms with van der Waals surface area (Å²) >= 11 is 1.19. The minimum absolute atomic E-state index is 0.0659. The summed E-state index contributed by atoms with van der Waals surface area (Å²) in [7, 11) is -7.32. The van der Waals surface area contributed by atoms with E-state index in [-0.39, 0.29) is 16.9 Å². The average Bonchev–Trinajstić information content (AvgIpc) is 3.28. The molecule has 0 spiro atoms. The Morgan fingerprint density at radius 3 is 2.28 bits per heavy atom. The van der Waals surface area contributed by atoms with Crippen molar-refractivity contribution in [1.82, 2.24) is 4.31 Å². The Bertz CT molecular complexity index is 1320. The van der Waals surface area contributed by atoms with Crippen LogP contribution in [0.2, 0.25) is 0 Å². The van der Waals surface area contributed by atoms with E-state index in [2.05, 4.69) is 25.5 Å². The lowest BCUT2D eigenvalue weighted by atomic mass is 9.87. The van der Waals surface area contributed by atoms with E-state index in [1.807, 2.05) is 18.2 Å². The van der Waals surface area contributed by atoms with Gasteiger partial charge in [-0.1, -0.05) is 45.0 Å². The first-order valence-corrected chi connectivity index (χ1v) is 14.1.